The average molecular weight is 478 g/mol. The molecule has 0 aromatic carbocycles. The van der Waals surface area contributed by atoms with E-state index in [0.717, 1.165) is 49.5 Å². The molecule has 31 heavy (non-hydrogen) atoms. The third kappa shape index (κ3) is 4.28. The lowest BCUT2D eigenvalue weighted by Crippen LogP contribution is -2.61. The van der Waals surface area contributed by atoms with Crippen molar-refractivity contribution in [2.45, 2.75) is 64.6 Å². The molecular weight excluding hydrogens is 450 g/mol. The van der Waals surface area contributed by atoms with Crippen molar-refractivity contribution >= 4 is 55.4 Å². The van der Waals surface area contributed by atoms with Gasteiger partial charge in [-0.25, -0.2) is 14.5 Å². The van der Waals surface area contributed by atoms with Crippen molar-refractivity contribution in [3.63, 3.8) is 0 Å². The molecule has 0 bridgehead atoms. The van der Waals surface area contributed by atoms with Gasteiger partial charge in [-0.1, -0.05) is 22.7 Å². The highest BCUT2D eigenvalue weighted by Crippen LogP contribution is 2.36. The zero-order valence-corrected chi connectivity index (χ0v) is 21.1. The molecule has 0 amide bonds. The van der Waals surface area contributed by atoms with Crippen molar-refractivity contribution in [1.82, 2.24) is 29.9 Å². The van der Waals surface area contributed by atoms with Crippen LogP contribution in [0.2, 0.25) is 0 Å². The highest BCUT2D eigenvalue weighted by molar-refractivity contribution is 7.22. The van der Waals surface area contributed by atoms with E-state index in [1.165, 1.54) is 0 Å². The van der Waals surface area contributed by atoms with Crippen LogP contribution in [0.5, 0.6) is 0 Å². The van der Waals surface area contributed by atoms with Gasteiger partial charge in [0.15, 0.2) is 5.13 Å². The van der Waals surface area contributed by atoms with Crippen LogP contribution in [0.3, 0.4) is 0 Å². The maximum atomic E-state index is 4.89. The first-order chi connectivity index (χ1) is 14.1. The summed E-state index contributed by atoms with van der Waals surface area (Å²) in [5.41, 5.74) is 2.85. The van der Waals surface area contributed by atoms with Crippen LogP contribution in [0.4, 0.5) is 5.13 Å². The lowest BCUT2D eigenvalue weighted by molar-refractivity contribution is 0.161. The standard InChI is InChI=1S/C21H27N7S2.ClH/c1-12-25-28-11-16(24-19(28)29-12)14-7-17-15(10-22-14)23-18(30-17)27(6)13-8-20(2,3)26-21(4,5)9-13;/h7,10-11,13,26H,8-9H2,1-6H3;1H. The van der Waals surface area contributed by atoms with E-state index in [4.69, 9.17) is 4.98 Å². The number of aromatic nitrogens is 5. The lowest BCUT2D eigenvalue weighted by Gasteiger charge is -2.48. The molecule has 7 nitrogen and oxygen atoms in total. The number of anilines is 1. The summed E-state index contributed by atoms with van der Waals surface area (Å²) >= 11 is 3.31. The molecule has 1 saturated heterocycles. The minimum Gasteiger partial charge on any atom is -0.348 e. The molecule has 0 saturated carbocycles. The van der Waals surface area contributed by atoms with Crippen molar-refractivity contribution in [3.05, 3.63) is 23.5 Å². The van der Waals surface area contributed by atoms with Gasteiger partial charge >= 0.3 is 0 Å². The second-order valence-electron chi connectivity index (χ2n) is 9.57. The Morgan fingerprint density at radius 3 is 2.48 bits per heavy atom. The second-order valence-corrected chi connectivity index (χ2v) is 11.7. The highest BCUT2D eigenvalue weighted by atomic mass is 35.5. The first-order valence-electron chi connectivity index (χ1n) is 10.2. The Morgan fingerprint density at radius 2 is 1.81 bits per heavy atom. The second kappa shape index (κ2) is 7.65. The molecule has 1 aliphatic heterocycles. The molecule has 0 aliphatic carbocycles. The van der Waals surface area contributed by atoms with Crippen molar-refractivity contribution in [3.8, 4) is 11.4 Å². The SMILES string of the molecule is Cc1nn2cc(-c3cc4sc(N(C)C5CC(C)(C)NC(C)(C)C5)nc4cn3)nc2s1.Cl. The molecule has 0 radical (unpaired) electrons. The number of halogens is 1. The molecule has 1 aliphatic rings. The van der Waals surface area contributed by atoms with E-state index in [0.29, 0.717) is 6.04 Å². The van der Waals surface area contributed by atoms with Gasteiger partial charge in [-0.2, -0.15) is 5.10 Å². The molecule has 0 spiro atoms. The molecule has 1 N–H and O–H groups in total. The molecule has 4 aromatic heterocycles. The van der Waals surface area contributed by atoms with Crippen molar-refractivity contribution in [2.75, 3.05) is 11.9 Å². The number of pyridine rings is 1. The molecule has 5 heterocycles. The topological polar surface area (TPSA) is 71.2 Å². The minimum atomic E-state index is 0. The van der Waals surface area contributed by atoms with Crippen molar-refractivity contribution in [1.29, 1.82) is 0 Å². The van der Waals surface area contributed by atoms with Gasteiger partial charge in [-0.15, -0.1) is 12.4 Å². The normalized spacial score (nSPS) is 18.4. The van der Waals surface area contributed by atoms with Crippen LogP contribution >= 0.6 is 35.1 Å². The van der Waals surface area contributed by atoms with E-state index >= 15 is 0 Å². The molecule has 1 fully saturated rings. The number of hydrogen-bond acceptors (Lipinski definition) is 8. The number of rotatable bonds is 3. The Bertz CT molecular complexity index is 1190. The summed E-state index contributed by atoms with van der Waals surface area (Å²) in [6.07, 6.45) is 5.98. The molecule has 5 rings (SSSR count). The monoisotopic (exact) mass is 477 g/mol. The number of fused-ring (bicyclic) bond motifs is 2. The molecule has 0 unspecified atom stereocenters. The number of hydrogen-bond donors (Lipinski definition) is 1. The zero-order chi connectivity index (χ0) is 21.3. The maximum absolute atomic E-state index is 4.89. The van der Waals surface area contributed by atoms with Gasteiger partial charge in [0.2, 0.25) is 4.96 Å². The first-order valence-corrected chi connectivity index (χ1v) is 11.8. The Kier molecular flexibility index (Phi) is 5.53. The van der Waals surface area contributed by atoms with Crippen molar-refractivity contribution in [2.24, 2.45) is 0 Å². The molecule has 10 heteroatoms. The predicted molar refractivity (Wildman–Crippen MR) is 132 cm³/mol. The van der Waals surface area contributed by atoms with E-state index in [9.17, 15) is 0 Å². The van der Waals surface area contributed by atoms with E-state index in [2.05, 4.69) is 66.1 Å². The number of nitrogens with zero attached hydrogens (tertiary/aromatic N) is 6. The average Bonchev–Trinajstić information content (AvgIpc) is 3.29. The minimum absolute atomic E-state index is 0. The van der Waals surface area contributed by atoms with Crippen LogP contribution < -0.4 is 10.2 Å². The fourth-order valence-corrected chi connectivity index (χ4v) is 6.46. The van der Waals surface area contributed by atoms with Crippen LogP contribution in [0.1, 0.15) is 45.5 Å². The third-order valence-electron chi connectivity index (χ3n) is 5.69. The Labute approximate surface area is 196 Å². The van der Waals surface area contributed by atoms with E-state index < -0.39 is 0 Å². The van der Waals surface area contributed by atoms with Crippen LogP contribution in [0, 0.1) is 6.92 Å². The summed E-state index contributed by atoms with van der Waals surface area (Å²) in [5.74, 6) is 0. The van der Waals surface area contributed by atoms with Gasteiger partial charge in [0, 0.05) is 24.2 Å². The summed E-state index contributed by atoms with van der Waals surface area (Å²) in [6, 6.07) is 2.54. The van der Waals surface area contributed by atoms with Crippen LogP contribution in [-0.4, -0.2) is 48.7 Å². The first kappa shape index (κ1) is 22.4. The van der Waals surface area contributed by atoms with Gasteiger partial charge in [-0.3, -0.25) is 4.98 Å². The summed E-state index contributed by atoms with van der Waals surface area (Å²) in [5, 5.41) is 10.3. The molecule has 4 aromatic rings. The number of thiazole rings is 1. The predicted octanol–water partition coefficient (Wildman–Crippen LogP) is 4.94. The van der Waals surface area contributed by atoms with Gasteiger partial charge in [-0.05, 0) is 53.5 Å². The van der Waals surface area contributed by atoms with E-state index in [1.807, 2.05) is 23.8 Å². The highest BCUT2D eigenvalue weighted by Gasteiger charge is 2.39. The maximum Gasteiger partial charge on any atom is 0.212 e. The Morgan fingerprint density at radius 1 is 1.10 bits per heavy atom. The fraction of sp³-hybridized carbons (Fsp3) is 0.524. The third-order valence-corrected chi connectivity index (χ3v) is 7.63. The number of piperidine rings is 1. The van der Waals surface area contributed by atoms with Crippen LogP contribution in [-0.2, 0) is 0 Å². The summed E-state index contributed by atoms with van der Waals surface area (Å²) in [6.45, 7) is 11.1. The van der Waals surface area contributed by atoms with E-state index in [-0.39, 0.29) is 23.5 Å². The van der Waals surface area contributed by atoms with Crippen molar-refractivity contribution < 1.29 is 0 Å². The van der Waals surface area contributed by atoms with Crippen LogP contribution in [0.25, 0.3) is 26.6 Å². The van der Waals surface area contributed by atoms with Crippen LogP contribution in [0.15, 0.2) is 18.5 Å². The lowest BCUT2D eigenvalue weighted by atomic mass is 9.79. The molecule has 166 valence electrons. The summed E-state index contributed by atoms with van der Waals surface area (Å²) < 4.78 is 2.96. The molecule has 0 atom stereocenters. The van der Waals surface area contributed by atoms with Gasteiger partial charge in [0.05, 0.1) is 22.8 Å². The Hall–Kier alpha value is -1.81. The number of nitrogens with one attached hydrogen (secondary N) is 1. The summed E-state index contributed by atoms with van der Waals surface area (Å²) in [7, 11) is 2.17. The smallest absolute Gasteiger partial charge is 0.212 e. The van der Waals surface area contributed by atoms with Gasteiger partial charge in [0.1, 0.15) is 16.2 Å². The number of aryl methyl sites for hydroxylation is 1. The largest absolute Gasteiger partial charge is 0.348 e. The quantitative estimate of drug-likeness (QED) is 0.450. The molecular formula is C21H28ClN7S2. The number of imidazole rings is 1. The zero-order valence-electron chi connectivity index (χ0n) is 18.6. The van der Waals surface area contributed by atoms with Gasteiger partial charge < -0.3 is 10.2 Å². The summed E-state index contributed by atoms with van der Waals surface area (Å²) in [4.78, 5) is 17.4. The fourth-order valence-electron chi connectivity index (χ4n) is 4.73. The Balaban J connectivity index is 0.00000231. The van der Waals surface area contributed by atoms with Gasteiger partial charge in [0.25, 0.3) is 0 Å². The van der Waals surface area contributed by atoms with E-state index in [1.54, 1.807) is 22.7 Å².